The van der Waals surface area contributed by atoms with Crippen LogP contribution >= 0.6 is 33.9 Å². The number of fused-ring (bicyclic) bond motifs is 1. The fourth-order valence-corrected chi connectivity index (χ4v) is 4.85. The summed E-state index contributed by atoms with van der Waals surface area (Å²) in [4.78, 5) is 5.96. The van der Waals surface area contributed by atoms with Crippen LogP contribution in [-0.2, 0) is 19.9 Å². The zero-order chi connectivity index (χ0) is 13.2. The van der Waals surface area contributed by atoms with Crippen LogP contribution in [0.1, 0.15) is 35.1 Å². The van der Waals surface area contributed by atoms with Crippen molar-refractivity contribution in [3.8, 4) is 0 Å². The van der Waals surface area contributed by atoms with Crippen molar-refractivity contribution >= 4 is 33.9 Å². The van der Waals surface area contributed by atoms with Crippen LogP contribution in [0.15, 0.2) is 18.5 Å². The van der Waals surface area contributed by atoms with Gasteiger partial charge < -0.3 is 9.88 Å². The van der Waals surface area contributed by atoms with Gasteiger partial charge in [0.2, 0.25) is 0 Å². The highest BCUT2D eigenvalue weighted by molar-refractivity contribution is 14.1. The summed E-state index contributed by atoms with van der Waals surface area (Å²) in [6, 6.07) is 2.90. The van der Waals surface area contributed by atoms with Gasteiger partial charge in [-0.15, -0.1) is 11.3 Å². The molecule has 3 rings (SSSR count). The SMILES string of the molecule is Cn1ccnc1CCNC1CCCc2sc(I)cc21. The minimum Gasteiger partial charge on any atom is -0.338 e. The maximum absolute atomic E-state index is 4.37. The lowest BCUT2D eigenvalue weighted by Crippen LogP contribution is -2.26. The maximum atomic E-state index is 4.37. The Morgan fingerprint density at radius 3 is 3.26 bits per heavy atom. The van der Waals surface area contributed by atoms with Gasteiger partial charge in [0.25, 0.3) is 0 Å². The Balaban J connectivity index is 1.60. The molecule has 0 spiro atoms. The number of hydrogen-bond acceptors (Lipinski definition) is 3. The van der Waals surface area contributed by atoms with E-state index in [1.165, 1.54) is 22.1 Å². The molecule has 1 aliphatic rings. The van der Waals surface area contributed by atoms with Gasteiger partial charge >= 0.3 is 0 Å². The molecule has 0 radical (unpaired) electrons. The number of nitrogens with one attached hydrogen (secondary N) is 1. The number of imidazole rings is 1. The molecule has 102 valence electrons. The van der Waals surface area contributed by atoms with E-state index in [2.05, 4.69) is 50.6 Å². The lowest BCUT2D eigenvalue weighted by molar-refractivity contribution is 0.463. The van der Waals surface area contributed by atoms with E-state index in [0.29, 0.717) is 6.04 Å². The molecule has 2 heterocycles. The average Bonchev–Trinajstić information content (AvgIpc) is 2.95. The predicted octanol–water partition coefficient (Wildman–Crippen LogP) is 3.30. The van der Waals surface area contributed by atoms with E-state index in [4.69, 9.17) is 0 Å². The standard InChI is InChI=1S/C14H18IN3S/c1-18-8-7-17-14(18)5-6-16-11-3-2-4-12-10(11)9-13(15)19-12/h7-9,11,16H,2-6H2,1H3. The Kier molecular flexibility index (Phi) is 4.24. The summed E-state index contributed by atoms with van der Waals surface area (Å²) in [6.45, 7) is 1.00. The van der Waals surface area contributed by atoms with E-state index in [9.17, 15) is 0 Å². The zero-order valence-electron chi connectivity index (χ0n) is 11.0. The molecule has 1 aliphatic carbocycles. The van der Waals surface area contributed by atoms with Gasteiger partial charge in [0, 0.05) is 43.3 Å². The number of aryl methyl sites for hydroxylation is 2. The summed E-state index contributed by atoms with van der Waals surface area (Å²) in [5.41, 5.74) is 1.54. The topological polar surface area (TPSA) is 29.9 Å². The van der Waals surface area contributed by atoms with E-state index in [0.717, 1.165) is 18.8 Å². The minimum absolute atomic E-state index is 0.545. The number of halogens is 1. The summed E-state index contributed by atoms with van der Waals surface area (Å²) < 4.78 is 3.52. The number of aromatic nitrogens is 2. The van der Waals surface area contributed by atoms with Crippen molar-refractivity contribution in [1.29, 1.82) is 0 Å². The second-order valence-electron chi connectivity index (χ2n) is 5.03. The van der Waals surface area contributed by atoms with Crippen molar-refractivity contribution in [2.24, 2.45) is 7.05 Å². The molecule has 5 heteroatoms. The molecule has 0 amide bonds. The highest BCUT2D eigenvalue weighted by Crippen LogP contribution is 2.36. The van der Waals surface area contributed by atoms with Crippen molar-refractivity contribution in [1.82, 2.24) is 14.9 Å². The monoisotopic (exact) mass is 387 g/mol. The molecule has 1 unspecified atom stereocenters. The van der Waals surface area contributed by atoms with Crippen LogP contribution in [0.25, 0.3) is 0 Å². The van der Waals surface area contributed by atoms with Gasteiger partial charge in [-0.2, -0.15) is 0 Å². The third kappa shape index (κ3) is 3.03. The number of hydrogen-bond donors (Lipinski definition) is 1. The van der Waals surface area contributed by atoms with Gasteiger partial charge in [-0.25, -0.2) is 4.98 Å². The molecular weight excluding hydrogens is 369 g/mol. The normalized spacial score (nSPS) is 18.5. The third-order valence-electron chi connectivity index (χ3n) is 3.74. The van der Waals surface area contributed by atoms with Crippen LogP contribution in [0.3, 0.4) is 0 Å². The van der Waals surface area contributed by atoms with Gasteiger partial charge in [0.05, 0.1) is 2.88 Å². The van der Waals surface area contributed by atoms with E-state index in [1.54, 1.807) is 10.4 Å². The molecule has 0 aliphatic heterocycles. The van der Waals surface area contributed by atoms with Crippen molar-refractivity contribution < 1.29 is 0 Å². The lowest BCUT2D eigenvalue weighted by Gasteiger charge is -2.23. The first-order chi connectivity index (χ1) is 9.24. The molecule has 2 aromatic rings. The molecular formula is C14H18IN3S. The van der Waals surface area contributed by atoms with Gasteiger partial charge in [-0.3, -0.25) is 0 Å². The van der Waals surface area contributed by atoms with Gasteiger partial charge in [-0.1, -0.05) is 0 Å². The molecule has 19 heavy (non-hydrogen) atoms. The van der Waals surface area contributed by atoms with Crippen LogP contribution in [-0.4, -0.2) is 16.1 Å². The smallest absolute Gasteiger partial charge is 0.109 e. The Morgan fingerprint density at radius 1 is 1.58 bits per heavy atom. The first kappa shape index (κ1) is 13.6. The van der Waals surface area contributed by atoms with Crippen LogP contribution in [0.5, 0.6) is 0 Å². The Hall–Kier alpha value is -0.400. The molecule has 3 nitrogen and oxygen atoms in total. The fourth-order valence-electron chi connectivity index (χ4n) is 2.73. The molecule has 0 aromatic carbocycles. The first-order valence-corrected chi connectivity index (χ1v) is 8.61. The maximum Gasteiger partial charge on any atom is 0.109 e. The van der Waals surface area contributed by atoms with Crippen LogP contribution in [0.2, 0.25) is 0 Å². The Bertz CT molecular complexity index is 561. The molecule has 1 atom stereocenters. The zero-order valence-corrected chi connectivity index (χ0v) is 14.0. The molecule has 1 N–H and O–H groups in total. The second-order valence-corrected chi connectivity index (χ2v) is 8.06. The number of rotatable bonds is 4. The highest BCUT2D eigenvalue weighted by Gasteiger charge is 2.21. The third-order valence-corrected chi connectivity index (χ3v) is 5.72. The van der Waals surface area contributed by atoms with E-state index < -0.39 is 0 Å². The molecule has 0 saturated carbocycles. The minimum atomic E-state index is 0.545. The first-order valence-electron chi connectivity index (χ1n) is 6.71. The summed E-state index contributed by atoms with van der Waals surface area (Å²) in [6.07, 6.45) is 8.71. The average molecular weight is 387 g/mol. The fraction of sp³-hybridized carbons (Fsp3) is 0.500. The van der Waals surface area contributed by atoms with E-state index in [1.807, 2.05) is 23.7 Å². The van der Waals surface area contributed by atoms with Crippen molar-refractivity contribution in [2.75, 3.05) is 6.54 Å². The molecule has 0 saturated heterocycles. The summed E-state index contributed by atoms with van der Waals surface area (Å²) in [7, 11) is 2.06. The Morgan fingerprint density at radius 2 is 2.47 bits per heavy atom. The lowest BCUT2D eigenvalue weighted by atomic mass is 9.94. The van der Waals surface area contributed by atoms with Gasteiger partial charge in [-0.05, 0) is 53.5 Å². The Labute approximate surface area is 131 Å². The number of nitrogens with zero attached hydrogens (tertiary/aromatic N) is 2. The van der Waals surface area contributed by atoms with Gasteiger partial charge in [0.15, 0.2) is 0 Å². The van der Waals surface area contributed by atoms with Crippen molar-refractivity contribution in [3.63, 3.8) is 0 Å². The second kappa shape index (κ2) is 5.93. The van der Waals surface area contributed by atoms with Crippen molar-refractivity contribution in [3.05, 3.63) is 37.6 Å². The summed E-state index contributed by atoms with van der Waals surface area (Å²) >= 11 is 4.40. The highest BCUT2D eigenvalue weighted by atomic mass is 127. The summed E-state index contributed by atoms with van der Waals surface area (Å²) in [5, 5.41) is 3.71. The largest absolute Gasteiger partial charge is 0.338 e. The van der Waals surface area contributed by atoms with Crippen LogP contribution in [0.4, 0.5) is 0 Å². The van der Waals surface area contributed by atoms with E-state index >= 15 is 0 Å². The van der Waals surface area contributed by atoms with Crippen LogP contribution < -0.4 is 5.32 Å². The quantitative estimate of drug-likeness (QED) is 0.816. The number of thiophene rings is 1. The molecule has 0 bridgehead atoms. The molecule has 0 fully saturated rings. The van der Waals surface area contributed by atoms with Gasteiger partial charge in [0.1, 0.15) is 5.82 Å². The van der Waals surface area contributed by atoms with Crippen LogP contribution in [0, 0.1) is 2.88 Å². The molecule has 2 aromatic heterocycles. The predicted molar refractivity (Wildman–Crippen MR) is 87.6 cm³/mol. The van der Waals surface area contributed by atoms with E-state index in [-0.39, 0.29) is 0 Å². The van der Waals surface area contributed by atoms with Crippen molar-refractivity contribution in [2.45, 2.75) is 31.7 Å². The summed E-state index contributed by atoms with van der Waals surface area (Å²) in [5.74, 6) is 1.16.